The van der Waals surface area contributed by atoms with Crippen molar-refractivity contribution in [1.29, 1.82) is 0 Å². The van der Waals surface area contributed by atoms with Crippen molar-refractivity contribution in [3.8, 4) is 5.75 Å². The van der Waals surface area contributed by atoms with Crippen LogP contribution in [0.25, 0.3) is 6.08 Å². The van der Waals surface area contributed by atoms with E-state index in [9.17, 15) is 9.59 Å². The van der Waals surface area contributed by atoms with Gasteiger partial charge in [0.25, 0.3) is 11.8 Å². The maximum absolute atomic E-state index is 13.2. The Balaban J connectivity index is 1.50. The highest BCUT2D eigenvalue weighted by Crippen LogP contribution is 2.25. The molecule has 0 atom stereocenters. The molecule has 2 amide bonds. The largest absolute Gasteiger partial charge is 0.489 e. The molecule has 0 aliphatic carbocycles. The molecule has 1 aliphatic rings. The highest BCUT2D eigenvalue weighted by atomic mass is 79.9. The molecule has 3 aromatic carbocycles. The number of hydrogen-bond donors (Lipinski definition) is 1. The minimum Gasteiger partial charge on any atom is -0.489 e. The summed E-state index contributed by atoms with van der Waals surface area (Å²) in [5, 5.41) is 2.68. The number of nitrogens with zero attached hydrogens (tertiary/aromatic N) is 1. The number of halogens is 2. The molecule has 0 bridgehead atoms. The van der Waals surface area contributed by atoms with Crippen LogP contribution in [0.2, 0.25) is 0 Å². The minimum absolute atomic E-state index is 0.0145. The number of amides is 2. The molecular formula is C26H20Br2N2O3S. The molecule has 0 saturated carbocycles. The van der Waals surface area contributed by atoms with Crippen LogP contribution in [0, 0.1) is 0 Å². The van der Waals surface area contributed by atoms with Crippen LogP contribution in [0.5, 0.6) is 5.75 Å². The number of ether oxygens (including phenoxy) is 1. The van der Waals surface area contributed by atoms with Crippen molar-refractivity contribution in [3.05, 3.63) is 97.9 Å². The van der Waals surface area contributed by atoms with Gasteiger partial charge in [0.05, 0.1) is 5.69 Å². The summed E-state index contributed by atoms with van der Waals surface area (Å²) in [4.78, 5) is 27.0. The van der Waals surface area contributed by atoms with Gasteiger partial charge in [0.2, 0.25) is 0 Å². The predicted molar refractivity (Wildman–Crippen MR) is 145 cm³/mol. The van der Waals surface area contributed by atoms with Crippen LogP contribution >= 0.6 is 44.1 Å². The lowest BCUT2D eigenvalue weighted by Crippen LogP contribution is -2.54. The minimum atomic E-state index is -0.517. The zero-order valence-corrected chi connectivity index (χ0v) is 22.2. The number of rotatable bonds is 6. The Morgan fingerprint density at radius 2 is 1.71 bits per heavy atom. The molecule has 1 fully saturated rings. The van der Waals surface area contributed by atoms with Crippen LogP contribution in [0.1, 0.15) is 23.6 Å². The first-order valence-corrected chi connectivity index (χ1v) is 12.5. The zero-order valence-electron chi connectivity index (χ0n) is 18.2. The Morgan fingerprint density at radius 3 is 2.35 bits per heavy atom. The van der Waals surface area contributed by atoms with Gasteiger partial charge in [0, 0.05) is 14.5 Å². The normalized spacial score (nSPS) is 15.0. The van der Waals surface area contributed by atoms with Gasteiger partial charge in [-0.05, 0) is 72.2 Å². The van der Waals surface area contributed by atoms with Gasteiger partial charge in [-0.15, -0.1) is 0 Å². The van der Waals surface area contributed by atoms with Crippen LogP contribution < -0.4 is 15.0 Å². The quantitative estimate of drug-likeness (QED) is 0.209. The molecule has 0 spiro atoms. The first-order chi connectivity index (χ1) is 16.4. The van der Waals surface area contributed by atoms with Crippen molar-refractivity contribution >= 4 is 72.8 Å². The second-order valence-electron chi connectivity index (χ2n) is 7.57. The fourth-order valence-electron chi connectivity index (χ4n) is 3.40. The third kappa shape index (κ3) is 5.46. The fourth-order valence-corrected chi connectivity index (χ4v) is 4.84. The molecule has 172 valence electrons. The molecule has 3 aromatic rings. The predicted octanol–water partition coefficient (Wildman–Crippen LogP) is 6.18. The van der Waals surface area contributed by atoms with Crippen LogP contribution in [0.4, 0.5) is 5.69 Å². The Hall–Kier alpha value is -2.81. The number of anilines is 1. The van der Waals surface area contributed by atoms with E-state index in [2.05, 4.69) is 44.1 Å². The summed E-state index contributed by atoms with van der Waals surface area (Å²) in [5.41, 5.74) is 3.49. The van der Waals surface area contributed by atoms with Gasteiger partial charge >= 0.3 is 0 Å². The monoisotopic (exact) mass is 598 g/mol. The average Bonchev–Trinajstić information content (AvgIpc) is 2.82. The lowest BCUT2D eigenvalue weighted by atomic mass is 10.1. The van der Waals surface area contributed by atoms with E-state index >= 15 is 0 Å². The fraction of sp³-hybridized carbons (Fsp3) is 0.115. The van der Waals surface area contributed by atoms with Crippen molar-refractivity contribution in [1.82, 2.24) is 5.32 Å². The first-order valence-electron chi connectivity index (χ1n) is 10.5. The van der Waals surface area contributed by atoms with Crippen LogP contribution in [0.3, 0.4) is 0 Å². The number of benzene rings is 3. The number of carbonyl (C=O) groups is 2. The summed E-state index contributed by atoms with van der Waals surface area (Å²) in [6, 6.07) is 20.6. The van der Waals surface area contributed by atoms with E-state index in [1.54, 1.807) is 30.3 Å². The van der Waals surface area contributed by atoms with E-state index in [0.717, 1.165) is 26.5 Å². The Morgan fingerprint density at radius 1 is 1.00 bits per heavy atom. The standard InChI is InChI=1S/C26H20Br2N2O3S/c1-2-16-3-9-20(10-4-16)30-25(32)22(24(31)29-26(30)34)13-17-5-11-21(12-6-17)33-15-18-7-8-19(27)14-23(18)28/h3-14H,2,15H2,1H3,(H,29,31,34)/b22-13+. The van der Waals surface area contributed by atoms with Crippen LogP contribution in [0.15, 0.2) is 81.2 Å². The molecule has 1 aliphatic heterocycles. The highest BCUT2D eigenvalue weighted by Gasteiger charge is 2.34. The first kappa shape index (κ1) is 24.3. The SMILES string of the molecule is CCc1ccc(N2C(=O)/C(=C/c3ccc(OCc4ccc(Br)cc4Br)cc3)C(=O)NC2=S)cc1. The summed E-state index contributed by atoms with van der Waals surface area (Å²) in [6.07, 6.45) is 2.45. The lowest BCUT2D eigenvalue weighted by molar-refractivity contribution is -0.122. The summed E-state index contributed by atoms with van der Waals surface area (Å²) in [7, 11) is 0. The number of aryl methyl sites for hydroxylation is 1. The van der Waals surface area contributed by atoms with E-state index in [-0.39, 0.29) is 10.7 Å². The van der Waals surface area contributed by atoms with Gasteiger partial charge < -0.3 is 4.74 Å². The second kappa shape index (κ2) is 10.6. The zero-order chi connectivity index (χ0) is 24.2. The summed E-state index contributed by atoms with van der Waals surface area (Å²) in [6.45, 7) is 2.46. The summed E-state index contributed by atoms with van der Waals surface area (Å²) >= 11 is 12.2. The van der Waals surface area contributed by atoms with Crippen LogP contribution in [-0.4, -0.2) is 16.9 Å². The highest BCUT2D eigenvalue weighted by molar-refractivity contribution is 9.11. The Bertz CT molecular complexity index is 1290. The van der Waals surface area contributed by atoms with Crippen molar-refractivity contribution in [2.75, 3.05) is 4.90 Å². The Kier molecular flexibility index (Phi) is 7.60. The van der Waals surface area contributed by atoms with Gasteiger partial charge in [-0.25, -0.2) is 0 Å². The van der Waals surface area contributed by atoms with E-state index in [0.29, 0.717) is 23.6 Å². The maximum Gasteiger partial charge on any atom is 0.270 e. The van der Waals surface area contributed by atoms with Crippen molar-refractivity contribution in [2.45, 2.75) is 20.0 Å². The number of nitrogens with one attached hydrogen (secondary N) is 1. The molecule has 1 heterocycles. The van der Waals surface area contributed by atoms with Crippen LogP contribution in [-0.2, 0) is 22.6 Å². The number of thiocarbonyl (C=S) groups is 1. The second-order valence-corrected chi connectivity index (χ2v) is 9.73. The molecule has 34 heavy (non-hydrogen) atoms. The molecule has 0 unspecified atom stereocenters. The molecule has 4 rings (SSSR count). The molecule has 0 radical (unpaired) electrons. The average molecular weight is 600 g/mol. The lowest BCUT2D eigenvalue weighted by Gasteiger charge is -2.29. The molecule has 1 N–H and O–H groups in total. The van der Waals surface area contributed by atoms with Crippen molar-refractivity contribution < 1.29 is 14.3 Å². The third-order valence-corrected chi connectivity index (χ3v) is 6.82. The van der Waals surface area contributed by atoms with E-state index in [4.69, 9.17) is 17.0 Å². The molecule has 5 nitrogen and oxygen atoms in total. The molecule has 0 aromatic heterocycles. The van der Waals surface area contributed by atoms with E-state index < -0.39 is 11.8 Å². The molecular weight excluding hydrogens is 580 g/mol. The van der Waals surface area contributed by atoms with Gasteiger partial charge in [-0.3, -0.25) is 19.8 Å². The third-order valence-electron chi connectivity index (χ3n) is 5.31. The molecule has 1 saturated heterocycles. The number of carbonyl (C=O) groups excluding carboxylic acids is 2. The smallest absolute Gasteiger partial charge is 0.270 e. The maximum atomic E-state index is 13.2. The molecule has 8 heteroatoms. The van der Waals surface area contributed by atoms with Gasteiger partial charge in [-0.1, -0.05) is 69.1 Å². The van der Waals surface area contributed by atoms with Crippen molar-refractivity contribution in [3.63, 3.8) is 0 Å². The Labute approximate surface area is 220 Å². The van der Waals surface area contributed by atoms with E-state index in [1.807, 2.05) is 42.5 Å². The summed E-state index contributed by atoms with van der Waals surface area (Å²) < 4.78 is 7.81. The van der Waals surface area contributed by atoms with Gasteiger partial charge in [-0.2, -0.15) is 0 Å². The van der Waals surface area contributed by atoms with Gasteiger partial charge in [0.1, 0.15) is 17.9 Å². The van der Waals surface area contributed by atoms with E-state index in [1.165, 1.54) is 4.90 Å². The topological polar surface area (TPSA) is 58.6 Å². The van der Waals surface area contributed by atoms with Crippen molar-refractivity contribution in [2.24, 2.45) is 0 Å². The summed E-state index contributed by atoms with van der Waals surface area (Å²) in [5.74, 6) is -0.300. The van der Waals surface area contributed by atoms with Gasteiger partial charge in [0.15, 0.2) is 5.11 Å². The number of hydrogen-bond acceptors (Lipinski definition) is 4.